The summed E-state index contributed by atoms with van der Waals surface area (Å²) >= 11 is 0. The van der Waals surface area contributed by atoms with Crippen LogP contribution in [0.25, 0.3) is 0 Å². The number of carbonyl (C=O) groups is 1. The fraction of sp³-hybridized carbons (Fsp3) is 0.652. The van der Waals surface area contributed by atoms with Gasteiger partial charge in [-0.1, -0.05) is 11.6 Å². The van der Waals surface area contributed by atoms with E-state index in [0.717, 1.165) is 37.9 Å². The third kappa shape index (κ3) is 3.62. The van der Waals surface area contributed by atoms with Gasteiger partial charge in [0, 0.05) is 43.1 Å². The fourth-order valence-electron chi connectivity index (χ4n) is 5.24. The van der Waals surface area contributed by atoms with Gasteiger partial charge in [-0.05, 0) is 39.5 Å². The van der Waals surface area contributed by atoms with Crippen LogP contribution in [0.3, 0.4) is 0 Å². The van der Waals surface area contributed by atoms with Crippen molar-refractivity contribution in [2.45, 2.75) is 57.5 Å². The lowest BCUT2D eigenvalue weighted by Crippen LogP contribution is -2.59. The molecule has 3 fully saturated rings. The van der Waals surface area contributed by atoms with Crippen molar-refractivity contribution in [3.8, 4) is 11.9 Å². The Morgan fingerprint density at radius 3 is 2.56 bits per heavy atom. The summed E-state index contributed by atoms with van der Waals surface area (Å²) in [6.45, 7) is 5.49. The van der Waals surface area contributed by atoms with Crippen LogP contribution in [-0.2, 0) is 5.60 Å². The van der Waals surface area contributed by atoms with Crippen molar-refractivity contribution in [2.24, 2.45) is 11.8 Å². The van der Waals surface area contributed by atoms with Gasteiger partial charge < -0.3 is 24.0 Å². The van der Waals surface area contributed by atoms with Gasteiger partial charge in [0.25, 0.3) is 5.91 Å². The Balaban J connectivity index is 1.42. The number of amides is 1. The Morgan fingerprint density at radius 2 is 1.91 bits per heavy atom. The van der Waals surface area contributed by atoms with Crippen LogP contribution in [0.4, 0.5) is 0 Å². The summed E-state index contributed by atoms with van der Waals surface area (Å²) in [5, 5.41) is 16.1. The molecule has 1 aliphatic heterocycles. The largest absolute Gasteiger partial charge is 0.478 e. The Kier molecular flexibility index (Phi) is 5.53. The molecule has 0 spiro atoms. The van der Waals surface area contributed by atoms with Gasteiger partial charge in [-0.3, -0.25) is 4.79 Å². The predicted octanol–water partition coefficient (Wildman–Crippen LogP) is 2.90. The smallest absolute Gasteiger partial charge is 0.319 e. The first-order chi connectivity index (χ1) is 15.5. The van der Waals surface area contributed by atoms with Crippen molar-refractivity contribution in [3.63, 3.8) is 0 Å². The van der Waals surface area contributed by atoms with Crippen molar-refractivity contribution >= 4 is 5.91 Å². The van der Waals surface area contributed by atoms with E-state index in [1.54, 1.807) is 12.3 Å². The van der Waals surface area contributed by atoms with Crippen molar-refractivity contribution in [1.29, 1.82) is 0 Å². The minimum Gasteiger partial charge on any atom is -0.478 e. The van der Waals surface area contributed by atoms with Crippen LogP contribution in [-0.4, -0.2) is 57.3 Å². The maximum Gasteiger partial charge on any atom is 0.319 e. The van der Waals surface area contributed by atoms with Crippen LogP contribution in [0.5, 0.6) is 11.9 Å². The summed E-state index contributed by atoms with van der Waals surface area (Å²) in [6, 6.07) is 2.02. The summed E-state index contributed by atoms with van der Waals surface area (Å²) in [6.07, 6.45) is 6.44. The van der Waals surface area contributed by atoms with Gasteiger partial charge in [0.15, 0.2) is 5.69 Å². The van der Waals surface area contributed by atoms with Gasteiger partial charge in [-0.15, -0.1) is 0 Å². The number of likely N-dealkylation sites (tertiary alicyclic amines) is 1. The van der Waals surface area contributed by atoms with Crippen molar-refractivity contribution < 1.29 is 23.9 Å². The zero-order valence-corrected chi connectivity index (χ0v) is 18.6. The molecule has 0 aromatic carbocycles. The van der Waals surface area contributed by atoms with E-state index in [1.807, 2.05) is 18.7 Å². The number of carbonyl (C=O) groups excluding carboxylic acids is 1. The van der Waals surface area contributed by atoms with Crippen LogP contribution in [0.1, 0.15) is 73.7 Å². The highest BCUT2D eigenvalue weighted by atomic mass is 16.5. The van der Waals surface area contributed by atoms with Crippen LogP contribution in [0.2, 0.25) is 0 Å². The van der Waals surface area contributed by atoms with E-state index in [0.29, 0.717) is 49.4 Å². The Hall–Kier alpha value is -2.68. The van der Waals surface area contributed by atoms with Crippen molar-refractivity contribution in [2.75, 3.05) is 26.3 Å². The molecule has 2 unspecified atom stereocenters. The number of hydrogen-bond donors (Lipinski definition) is 1. The number of nitrogens with zero attached hydrogens (tertiary/aromatic N) is 4. The molecule has 172 valence electrons. The Morgan fingerprint density at radius 1 is 1.19 bits per heavy atom. The van der Waals surface area contributed by atoms with E-state index in [4.69, 9.17) is 14.0 Å². The molecule has 1 saturated heterocycles. The minimum atomic E-state index is -1.16. The highest BCUT2D eigenvalue weighted by molar-refractivity contribution is 5.92. The average Bonchev–Trinajstić information content (AvgIpc) is 3.50. The molecule has 3 aliphatic rings. The summed E-state index contributed by atoms with van der Waals surface area (Å²) < 4.78 is 16.6. The van der Waals surface area contributed by atoms with Crippen LogP contribution >= 0.6 is 0 Å². The lowest BCUT2D eigenvalue weighted by atomic mass is 9.63. The van der Waals surface area contributed by atoms with Crippen LogP contribution in [0, 0.1) is 11.8 Å². The predicted molar refractivity (Wildman–Crippen MR) is 113 cm³/mol. The SMILES string of the molecule is CCOc1ncc(C2(O)C3CCCC2CN(C(=O)c2cc(C4CC4)on2)C3)c(OCC)n1. The molecule has 9 heteroatoms. The lowest BCUT2D eigenvalue weighted by molar-refractivity contribution is -0.141. The zero-order chi connectivity index (χ0) is 22.3. The standard InChI is InChI=1S/C23H30N4O5/c1-3-30-20-17(11-24-22(25-20)31-4-2)23(29)15-6-5-7-16(23)13-27(12-15)21(28)18-10-19(32-26-18)14-8-9-14/h10-11,14-16,29H,3-9,12-13H2,1-2H3. The molecule has 32 heavy (non-hydrogen) atoms. The summed E-state index contributed by atoms with van der Waals surface area (Å²) in [4.78, 5) is 23.7. The minimum absolute atomic E-state index is 0.132. The normalized spacial score (nSPS) is 27.3. The van der Waals surface area contributed by atoms with E-state index in [-0.39, 0.29) is 23.8 Å². The number of fused-ring (bicyclic) bond motifs is 2. The molecule has 0 radical (unpaired) electrons. The number of ether oxygens (including phenoxy) is 2. The van der Waals surface area contributed by atoms with E-state index in [2.05, 4.69) is 15.1 Å². The number of rotatable bonds is 7. The second-order valence-electron chi connectivity index (χ2n) is 8.99. The van der Waals surface area contributed by atoms with Gasteiger partial charge >= 0.3 is 6.01 Å². The molecule has 2 aromatic heterocycles. The van der Waals surface area contributed by atoms with Crippen molar-refractivity contribution in [1.82, 2.24) is 20.0 Å². The molecule has 1 amide bonds. The zero-order valence-electron chi connectivity index (χ0n) is 18.6. The molecule has 3 heterocycles. The highest BCUT2D eigenvalue weighted by Crippen LogP contribution is 2.51. The maximum atomic E-state index is 13.2. The molecule has 1 N–H and O–H groups in total. The monoisotopic (exact) mass is 442 g/mol. The first kappa shape index (κ1) is 21.2. The van der Waals surface area contributed by atoms with Crippen molar-refractivity contribution in [3.05, 3.63) is 29.3 Å². The topological polar surface area (TPSA) is 111 Å². The summed E-state index contributed by atoms with van der Waals surface area (Å²) in [7, 11) is 0. The molecular weight excluding hydrogens is 412 g/mol. The van der Waals surface area contributed by atoms with Crippen LogP contribution in [0.15, 0.2) is 16.8 Å². The third-order valence-corrected chi connectivity index (χ3v) is 6.96. The first-order valence-electron chi connectivity index (χ1n) is 11.7. The summed E-state index contributed by atoms with van der Waals surface area (Å²) in [5.41, 5.74) is -0.218. The van der Waals surface area contributed by atoms with E-state index < -0.39 is 5.60 Å². The molecule has 2 aliphatic carbocycles. The Labute approximate surface area is 187 Å². The van der Waals surface area contributed by atoms with Gasteiger partial charge in [0.05, 0.1) is 18.8 Å². The second-order valence-corrected chi connectivity index (χ2v) is 8.99. The fourth-order valence-corrected chi connectivity index (χ4v) is 5.24. The number of aliphatic hydroxyl groups is 1. The molecule has 2 aromatic rings. The summed E-state index contributed by atoms with van der Waals surface area (Å²) in [5.74, 6) is 1.15. The van der Waals surface area contributed by atoms with Gasteiger partial charge in [0.1, 0.15) is 11.4 Å². The van der Waals surface area contributed by atoms with Gasteiger partial charge in [0.2, 0.25) is 5.88 Å². The molecular formula is C23H30N4O5. The molecule has 2 bridgehead atoms. The van der Waals surface area contributed by atoms with E-state index >= 15 is 0 Å². The first-order valence-corrected chi connectivity index (χ1v) is 11.7. The van der Waals surface area contributed by atoms with E-state index in [9.17, 15) is 9.90 Å². The number of piperidine rings is 1. The average molecular weight is 443 g/mol. The van der Waals surface area contributed by atoms with Crippen LogP contribution < -0.4 is 9.47 Å². The third-order valence-electron chi connectivity index (χ3n) is 6.96. The number of aromatic nitrogens is 3. The Bertz CT molecular complexity index is 975. The highest BCUT2D eigenvalue weighted by Gasteiger charge is 2.54. The quantitative estimate of drug-likeness (QED) is 0.697. The molecule has 5 rings (SSSR count). The second kappa shape index (κ2) is 8.35. The molecule has 2 saturated carbocycles. The number of hydrogen-bond acceptors (Lipinski definition) is 8. The van der Waals surface area contributed by atoms with Gasteiger partial charge in [-0.25, -0.2) is 4.98 Å². The maximum absolute atomic E-state index is 13.2. The van der Waals surface area contributed by atoms with E-state index in [1.165, 1.54) is 0 Å². The lowest BCUT2D eigenvalue weighted by Gasteiger charge is -2.53. The van der Waals surface area contributed by atoms with Gasteiger partial charge in [-0.2, -0.15) is 4.98 Å². The molecule has 2 atom stereocenters. The molecule has 9 nitrogen and oxygen atoms in total.